The van der Waals surface area contributed by atoms with Crippen LogP contribution in [0.15, 0.2) is 35.2 Å². The highest BCUT2D eigenvalue weighted by atomic mass is 79.9. The van der Waals surface area contributed by atoms with Gasteiger partial charge >= 0.3 is 0 Å². The summed E-state index contributed by atoms with van der Waals surface area (Å²) in [5.74, 6) is 0.473. The molecule has 1 amide bonds. The number of carbonyl (C=O) groups excluding carboxylic acids is 1. The van der Waals surface area contributed by atoms with E-state index < -0.39 is 0 Å². The SMILES string of the molecule is CC(C)n1nccc1NC(=O)c1cncc(Br)c1. The molecule has 0 saturated carbocycles. The molecule has 0 atom stereocenters. The molecule has 0 aliphatic rings. The largest absolute Gasteiger partial charge is 0.307 e. The number of hydrogen-bond acceptors (Lipinski definition) is 3. The Morgan fingerprint density at radius 3 is 2.89 bits per heavy atom. The Labute approximate surface area is 113 Å². The molecule has 94 valence electrons. The molecule has 0 fully saturated rings. The number of carbonyl (C=O) groups is 1. The molecule has 1 N–H and O–H groups in total. The molecule has 0 aliphatic carbocycles. The second kappa shape index (κ2) is 5.30. The lowest BCUT2D eigenvalue weighted by Gasteiger charge is -2.11. The Kier molecular flexibility index (Phi) is 3.76. The predicted octanol–water partition coefficient (Wildman–Crippen LogP) is 2.87. The fourth-order valence-electron chi connectivity index (χ4n) is 1.55. The van der Waals surface area contributed by atoms with Crippen molar-refractivity contribution in [3.8, 4) is 0 Å². The average Bonchev–Trinajstić information content (AvgIpc) is 2.77. The zero-order chi connectivity index (χ0) is 13.1. The van der Waals surface area contributed by atoms with Crippen molar-refractivity contribution in [2.45, 2.75) is 19.9 Å². The van der Waals surface area contributed by atoms with Crippen molar-refractivity contribution >= 4 is 27.7 Å². The lowest BCUT2D eigenvalue weighted by molar-refractivity contribution is 0.102. The van der Waals surface area contributed by atoms with Crippen molar-refractivity contribution in [2.24, 2.45) is 0 Å². The van der Waals surface area contributed by atoms with Crippen LogP contribution in [0.2, 0.25) is 0 Å². The highest BCUT2D eigenvalue weighted by molar-refractivity contribution is 9.10. The molecule has 5 nitrogen and oxygen atoms in total. The topological polar surface area (TPSA) is 59.8 Å². The lowest BCUT2D eigenvalue weighted by Crippen LogP contribution is -2.16. The first-order valence-corrected chi connectivity index (χ1v) is 6.32. The number of amides is 1. The number of hydrogen-bond donors (Lipinski definition) is 1. The van der Waals surface area contributed by atoms with Crippen LogP contribution in [0, 0.1) is 0 Å². The summed E-state index contributed by atoms with van der Waals surface area (Å²) in [6.07, 6.45) is 4.82. The fourth-order valence-corrected chi connectivity index (χ4v) is 1.91. The number of halogens is 1. The van der Waals surface area contributed by atoms with Gasteiger partial charge in [-0.15, -0.1) is 0 Å². The molecule has 18 heavy (non-hydrogen) atoms. The van der Waals surface area contributed by atoms with E-state index in [-0.39, 0.29) is 11.9 Å². The van der Waals surface area contributed by atoms with Gasteiger partial charge in [-0.3, -0.25) is 9.78 Å². The van der Waals surface area contributed by atoms with Crippen LogP contribution in [-0.4, -0.2) is 20.7 Å². The van der Waals surface area contributed by atoms with E-state index in [2.05, 4.69) is 31.3 Å². The molecule has 0 radical (unpaired) electrons. The third-order valence-corrected chi connectivity index (χ3v) is 2.80. The number of anilines is 1. The van der Waals surface area contributed by atoms with Crippen molar-refractivity contribution in [2.75, 3.05) is 5.32 Å². The van der Waals surface area contributed by atoms with E-state index in [1.807, 2.05) is 13.8 Å². The van der Waals surface area contributed by atoms with Crippen LogP contribution in [-0.2, 0) is 0 Å². The highest BCUT2D eigenvalue weighted by Crippen LogP contribution is 2.15. The first-order valence-electron chi connectivity index (χ1n) is 5.53. The maximum atomic E-state index is 12.0. The van der Waals surface area contributed by atoms with Crippen LogP contribution < -0.4 is 5.32 Å². The van der Waals surface area contributed by atoms with Crippen LogP contribution in [0.25, 0.3) is 0 Å². The maximum absolute atomic E-state index is 12.0. The van der Waals surface area contributed by atoms with E-state index in [0.717, 1.165) is 4.47 Å². The molecule has 2 aromatic rings. The average molecular weight is 309 g/mol. The Morgan fingerprint density at radius 2 is 2.22 bits per heavy atom. The Hall–Kier alpha value is -1.69. The quantitative estimate of drug-likeness (QED) is 0.948. The molecule has 6 heteroatoms. The number of rotatable bonds is 3. The van der Waals surface area contributed by atoms with Crippen LogP contribution >= 0.6 is 15.9 Å². The van der Waals surface area contributed by atoms with Crippen molar-refractivity contribution in [1.82, 2.24) is 14.8 Å². The van der Waals surface area contributed by atoms with Gasteiger partial charge in [0.15, 0.2) is 0 Å². The summed E-state index contributed by atoms with van der Waals surface area (Å²) in [5.41, 5.74) is 0.501. The second-order valence-corrected chi connectivity index (χ2v) is 5.02. The highest BCUT2D eigenvalue weighted by Gasteiger charge is 2.11. The molecular formula is C12H13BrN4O. The molecule has 2 heterocycles. The molecule has 0 spiro atoms. The molecule has 0 bridgehead atoms. The smallest absolute Gasteiger partial charge is 0.258 e. The summed E-state index contributed by atoms with van der Waals surface area (Å²) < 4.78 is 2.52. The van der Waals surface area contributed by atoms with Gasteiger partial charge < -0.3 is 5.32 Å². The minimum Gasteiger partial charge on any atom is -0.307 e. The molecule has 0 aliphatic heterocycles. The Morgan fingerprint density at radius 1 is 1.44 bits per heavy atom. The van der Waals surface area contributed by atoms with Crippen LogP contribution in [0.3, 0.4) is 0 Å². The second-order valence-electron chi connectivity index (χ2n) is 4.10. The molecule has 0 aromatic carbocycles. The van der Waals surface area contributed by atoms with Crippen molar-refractivity contribution in [3.63, 3.8) is 0 Å². The number of nitrogens with zero attached hydrogens (tertiary/aromatic N) is 3. The molecule has 0 unspecified atom stereocenters. The van der Waals surface area contributed by atoms with E-state index in [9.17, 15) is 4.79 Å². The maximum Gasteiger partial charge on any atom is 0.258 e. The zero-order valence-corrected chi connectivity index (χ0v) is 11.7. The molecule has 2 rings (SSSR count). The van der Waals surface area contributed by atoms with Crippen LogP contribution in [0.1, 0.15) is 30.2 Å². The van der Waals surface area contributed by atoms with Gasteiger partial charge in [0.2, 0.25) is 0 Å². The zero-order valence-electron chi connectivity index (χ0n) is 10.1. The molecular weight excluding hydrogens is 296 g/mol. The van der Waals surface area contributed by atoms with Gasteiger partial charge in [-0.05, 0) is 35.8 Å². The first-order chi connectivity index (χ1) is 8.58. The number of aromatic nitrogens is 3. The van der Waals surface area contributed by atoms with Crippen LogP contribution in [0.4, 0.5) is 5.82 Å². The van der Waals surface area contributed by atoms with E-state index in [1.54, 1.807) is 29.2 Å². The van der Waals surface area contributed by atoms with Gasteiger partial charge in [-0.25, -0.2) is 4.68 Å². The number of nitrogens with one attached hydrogen (secondary N) is 1. The standard InChI is InChI=1S/C12H13BrN4O/c1-8(2)17-11(3-4-15-17)16-12(18)9-5-10(13)7-14-6-9/h3-8H,1-2H3,(H,16,18). The Balaban J connectivity index is 2.19. The fraction of sp³-hybridized carbons (Fsp3) is 0.250. The predicted molar refractivity (Wildman–Crippen MR) is 72.5 cm³/mol. The summed E-state index contributed by atoms with van der Waals surface area (Å²) in [6.45, 7) is 4.01. The summed E-state index contributed by atoms with van der Waals surface area (Å²) in [7, 11) is 0. The van der Waals surface area contributed by atoms with Gasteiger partial charge in [0, 0.05) is 29.0 Å². The van der Waals surface area contributed by atoms with Crippen molar-refractivity contribution < 1.29 is 4.79 Å². The lowest BCUT2D eigenvalue weighted by atomic mass is 10.3. The normalized spacial score (nSPS) is 10.7. The van der Waals surface area contributed by atoms with Gasteiger partial charge in [0.25, 0.3) is 5.91 Å². The van der Waals surface area contributed by atoms with E-state index in [4.69, 9.17) is 0 Å². The van der Waals surface area contributed by atoms with E-state index in [1.165, 1.54) is 6.20 Å². The van der Waals surface area contributed by atoms with E-state index in [0.29, 0.717) is 11.4 Å². The monoisotopic (exact) mass is 308 g/mol. The van der Waals surface area contributed by atoms with Crippen molar-refractivity contribution in [3.05, 3.63) is 40.8 Å². The van der Waals surface area contributed by atoms with Crippen molar-refractivity contribution in [1.29, 1.82) is 0 Å². The minimum atomic E-state index is -0.203. The Bertz CT molecular complexity index is 565. The van der Waals surface area contributed by atoms with Crippen LogP contribution in [0.5, 0.6) is 0 Å². The van der Waals surface area contributed by atoms with E-state index >= 15 is 0 Å². The summed E-state index contributed by atoms with van der Waals surface area (Å²) in [5, 5.41) is 6.97. The third-order valence-electron chi connectivity index (χ3n) is 2.37. The summed E-state index contributed by atoms with van der Waals surface area (Å²) in [6, 6.07) is 3.68. The molecule has 2 aromatic heterocycles. The number of pyridine rings is 1. The summed E-state index contributed by atoms with van der Waals surface area (Å²) in [4.78, 5) is 16.0. The third kappa shape index (κ3) is 2.76. The van der Waals surface area contributed by atoms with Gasteiger partial charge in [0.1, 0.15) is 5.82 Å². The molecule has 0 saturated heterocycles. The van der Waals surface area contributed by atoms with Gasteiger partial charge in [-0.1, -0.05) is 0 Å². The first kappa shape index (κ1) is 12.8. The summed E-state index contributed by atoms with van der Waals surface area (Å²) >= 11 is 3.29. The minimum absolute atomic E-state index is 0.191. The van der Waals surface area contributed by atoms with Gasteiger partial charge in [-0.2, -0.15) is 5.10 Å². The van der Waals surface area contributed by atoms with Gasteiger partial charge in [0.05, 0.1) is 11.8 Å².